The van der Waals surface area contributed by atoms with E-state index in [-0.39, 0.29) is 16.9 Å². The van der Waals surface area contributed by atoms with Gasteiger partial charge in [0.05, 0.1) is 9.88 Å². The van der Waals surface area contributed by atoms with Gasteiger partial charge in [-0.15, -0.1) is 0 Å². The maximum Gasteiger partial charge on any atom is 0.240 e. The summed E-state index contributed by atoms with van der Waals surface area (Å²) in [6.07, 6.45) is 2.52. The van der Waals surface area contributed by atoms with Gasteiger partial charge in [0.15, 0.2) is 0 Å². The molecule has 0 aromatic heterocycles. The number of nitrogens with one attached hydrogen (secondary N) is 1. The second kappa shape index (κ2) is 5.75. The first-order valence-corrected chi connectivity index (χ1v) is 8.24. The van der Waals surface area contributed by atoms with Crippen molar-refractivity contribution in [2.24, 2.45) is 11.7 Å². The summed E-state index contributed by atoms with van der Waals surface area (Å²) in [4.78, 5) is 0.576. The molecule has 2 atom stereocenters. The minimum atomic E-state index is -3.55. The zero-order valence-electron chi connectivity index (χ0n) is 10.2. The van der Waals surface area contributed by atoms with E-state index in [4.69, 9.17) is 29.6 Å². The molecule has 4 nitrogen and oxygen atoms in total. The zero-order valence-corrected chi connectivity index (χ0v) is 12.6. The highest BCUT2D eigenvalue weighted by molar-refractivity contribution is 7.89. The fourth-order valence-electron chi connectivity index (χ4n) is 2.32. The predicted molar refractivity (Wildman–Crippen MR) is 79.7 cm³/mol. The average Bonchev–Trinajstić information content (AvgIpc) is 2.77. The summed E-state index contributed by atoms with van der Waals surface area (Å²) >= 11 is 10.7. The number of halogens is 1. The van der Waals surface area contributed by atoms with Crippen LogP contribution in [0.5, 0.6) is 0 Å². The van der Waals surface area contributed by atoms with E-state index >= 15 is 0 Å². The van der Waals surface area contributed by atoms with Gasteiger partial charge in [-0.3, -0.25) is 0 Å². The highest BCUT2D eigenvalue weighted by Crippen LogP contribution is 2.27. The van der Waals surface area contributed by atoms with E-state index in [9.17, 15) is 8.42 Å². The molecule has 1 saturated carbocycles. The first-order chi connectivity index (χ1) is 8.90. The first-order valence-electron chi connectivity index (χ1n) is 5.97. The summed E-state index contributed by atoms with van der Waals surface area (Å²) in [7, 11) is -3.55. The Kier molecular flexibility index (Phi) is 4.45. The van der Waals surface area contributed by atoms with Crippen molar-refractivity contribution in [3.8, 4) is 0 Å². The quantitative estimate of drug-likeness (QED) is 0.834. The molecule has 0 aliphatic heterocycles. The highest BCUT2D eigenvalue weighted by Gasteiger charge is 2.32. The topological polar surface area (TPSA) is 72.2 Å². The normalized spacial score (nSPS) is 23.4. The van der Waals surface area contributed by atoms with E-state index in [2.05, 4.69) is 4.72 Å². The van der Waals surface area contributed by atoms with E-state index < -0.39 is 10.0 Å². The fourth-order valence-corrected chi connectivity index (χ4v) is 4.04. The van der Waals surface area contributed by atoms with Gasteiger partial charge in [-0.25, -0.2) is 13.1 Å². The van der Waals surface area contributed by atoms with Crippen LogP contribution in [0.1, 0.15) is 19.3 Å². The number of thiocarbonyl (C=S) groups is 1. The van der Waals surface area contributed by atoms with Crippen LogP contribution < -0.4 is 10.5 Å². The second-order valence-electron chi connectivity index (χ2n) is 4.62. The molecule has 0 heterocycles. The molecule has 1 aliphatic rings. The fraction of sp³-hybridized carbons (Fsp3) is 0.417. The summed E-state index contributed by atoms with van der Waals surface area (Å²) in [5, 5.41) is 0.501. The second-order valence-corrected chi connectivity index (χ2v) is 7.24. The lowest BCUT2D eigenvalue weighted by atomic mass is 10.1. The number of rotatable bonds is 4. The van der Waals surface area contributed by atoms with Crippen LogP contribution in [0.15, 0.2) is 29.2 Å². The third kappa shape index (κ3) is 3.45. The van der Waals surface area contributed by atoms with Crippen molar-refractivity contribution in [1.82, 2.24) is 4.72 Å². The third-order valence-corrected chi connectivity index (χ3v) is 5.37. The molecule has 0 amide bonds. The molecular formula is C12H15ClN2O2S2. The lowest BCUT2D eigenvalue weighted by molar-refractivity contribution is 0.525. The van der Waals surface area contributed by atoms with Crippen molar-refractivity contribution in [3.63, 3.8) is 0 Å². The Morgan fingerprint density at radius 3 is 2.53 bits per heavy atom. The van der Waals surface area contributed by atoms with Gasteiger partial charge in [0.1, 0.15) is 0 Å². The molecule has 2 unspecified atom stereocenters. The molecule has 19 heavy (non-hydrogen) atoms. The Balaban J connectivity index is 2.17. The van der Waals surface area contributed by atoms with Gasteiger partial charge in [-0.1, -0.05) is 30.2 Å². The third-order valence-electron chi connectivity index (χ3n) is 3.31. The SMILES string of the molecule is NC(=S)C1CCCC1NS(=O)(=O)c1ccc(Cl)cc1. The minimum absolute atomic E-state index is 0.0583. The Bertz CT molecular complexity index is 572. The molecule has 1 aromatic rings. The van der Waals surface area contributed by atoms with E-state index in [1.54, 1.807) is 12.1 Å². The predicted octanol–water partition coefficient (Wildman–Crippen LogP) is 2.07. The van der Waals surface area contributed by atoms with Gasteiger partial charge in [-0.05, 0) is 37.1 Å². The number of hydrogen-bond donors (Lipinski definition) is 2. The van der Waals surface area contributed by atoms with Gasteiger partial charge in [0, 0.05) is 17.0 Å². The van der Waals surface area contributed by atoms with Crippen molar-refractivity contribution >= 4 is 38.8 Å². The molecule has 2 rings (SSSR count). The van der Waals surface area contributed by atoms with Crippen LogP contribution in [0.2, 0.25) is 5.02 Å². The number of sulfonamides is 1. The molecule has 0 saturated heterocycles. The van der Waals surface area contributed by atoms with Gasteiger partial charge in [0.25, 0.3) is 0 Å². The Morgan fingerprint density at radius 2 is 1.95 bits per heavy atom. The molecule has 3 N–H and O–H groups in total. The Labute approximate surface area is 123 Å². The average molecular weight is 319 g/mol. The number of benzene rings is 1. The van der Waals surface area contributed by atoms with Crippen LogP contribution in [-0.4, -0.2) is 19.4 Å². The lowest BCUT2D eigenvalue weighted by Gasteiger charge is -2.19. The number of nitrogens with two attached hydrogens (primary N) is 1. The molecule has 0 spiro atoms. The summed E-state index contributed by atoms with van der Waals surface area (Å²) in [5.74, 6) is -0.0583. The van der Waals surface area contributed by atoms with Crippen molar-refractivity contribution in [1.29, 1.82) is 0 Å². The molecular weight excluding hydrogens is 304 g/mol. The molecule has 1 aromatic carbocycles. The van der Waals surface area contributed by atoms with Gasteiger partial charge in [0.2, 0.25) is 10.0 Å². The maximum atomic E-state index is 12.2. The van der Waals surface area contributed by atoms with E-state index in [0.29, 0.717) is 10.0 Å². The Hall–Kier alpha value is -0.690. The zero-order chi connectivity index (χ0) is 14.0. The largest absolute Gasteiger partial charge is 0.393 e. The summed E-state index contributed by atoms with van der Waals surface area (Å²) in [5.41, 5.74) is 5.64. The van der Waals surface area contributed by atoms with Gasteiger partial charge in [-0.2, -0.15) is 0 Å². The smallest absolute Gasteiger partial charge is 0.240 e. The molecule has 0 bridgehead atoms. The molecule has 0 radical (unpaired) electrons. The van der Waals surface area contributed by atoms with Gasteiger partial charge < -0.3 is 5.73 Å². The van der Waals surface area contributed by atoms with Crippen LogP contribution in [0.4, 0.5) is 0 Å². The molecule has 1 aliphatic carbocycles. The summed E-state index contributed by atoms with van der Waals surface area (Å²) < 4.78 is 27.1. The van der Waals surface area contributed by atoms with Crippen molar-refractivity contribution in [2.45, 2.75) is 30.2 Å². The van der Waals surface area contributed by atoms with Crippen LogP contribution >= 0.6 is 23.8 Å². The highest BCUT2D eigenvalue weighted by atomic mass is 35.5. The minimum Gasteiger partial charge on any atom is -0.393 e. The standard InChI is InChI=1S/C12H15ClN2O2S2/c13-8-4-6-9(7-5-8)19(16,17)15-11-3-1-2-10(11)12(14)18/h4-7,10-11,15H,1-3H2,(H2,14,18). The van der Waals surface area contributed by atoms with Crippen molar-refractivity contribution < 1.29 is 8.42 Å². The van der Waals surface area contributed by atoms with E-state index in [0.717, 1.165) is 19.3 Å². The monoisotopic (exact) mass is 318 g/mol. The molecule has 1 fully saturated rings. The molecule has 7 heteroatoms. The molecule has 104 valence electrons. The van der Waals surface area contributed by atoms with Crippen LogP contribution in [0.3, 0.4) is 0 Å². The summed E-state index contributed by atoms with van der Waals surface area (Å²) in [6.45, 7) is 0. The van der Waals surface area contributed by atoms with Gasteiger partial charge >= 0.3 is 0 Å². The van der Waals surface area contributed by atoms with Crippen LogP contribution in [0, 0.1) is 5.92 Å². The van der Waals surface area contributed by atoms with Crippen LogP contribution in [-0.2, 0) is 10.0 Å². The van der Waals surface area contributed by atoms with Crippen molar-refractivity contribution in [3.05, 3.63) is 29.3 Å². The number of hydrogen-bond acceptors (Lipinski definition) is 3. The maximum absolute atomic E-state index is 12.2. The van der Waals surface area contributed by atoms with E-state index in [1.807, 2.05) is 0 Å². The first kappa shape index (κ1) is 14.7. The van der Waals surface area contributed by atoms with Crippen LogP contribution in [0.25, 0.3) is 0 Å². The summed E-state index contributed by atoms with van der Waals surface area (Å²) in [6, 6.07) is 5.86. The van der Waals surface area contributed by atoms with Crippen molar-refractivity contribution in [2.75, 3.05) is 0 Å². The lowest BCUT2D eigenvalue weighted by Crippen LogP contribution is -2.41. The van der Waals surface area contributed by atoms with E-state index in [1.165, 1.54) is 12.1 Å². The Morgan fingerprint density at radius 1 is 1.32 bits per heavy atom.